The van der Waals surface area contributed by atoms with Gasteiger partial charge in [0.15, 0.2) is 5.03 Å². The first-order valence-electron chi connectivity index (χ1n) is 5.24. The highest BCUT2D eigenvalue weighted by molar-refractivity contribution is 6.47. The lowest BCUT2D eigenvalue weighted by atomic mass is 10.3. The SMILES string of the molecule is C=CCCCN1C(=O)C(Cl)=C(OCC=C)C1=O. The summed E-state index contributed by atoms with van der Waals surface area (Å²) < 4.78 is 5.08. The van der Waals surface area contributed by atoms with Crippen molar-refractivity contribution in [2.75, 3.05) is 13.2 Å². The number of imide groups is 1. The predicted octanol–water partition coefficient (Wildman–Crippen LogP) is 1.97. The van der Waals surface area contributed by atoms with Gasteiger partial charge < -0.3 is 4.74 Å². The zero-order valence-corrected chi connectivity index (χ0v) is 10.2. The molecule has 17 heavy (non-hydrogen) atoms. The maximum absolute atomic E-state index is 11.8. The second kappa shape index (κ2) is 6.25. The molecule has 4 nitrogen and oxygen atoms in total. The van der Waals surface area contributed by atoms with E-state index in [0.29, 0.717) is 13.0 Å². The molecule has 0 unspecified atom stereocenters. The quantitative estimate of drug-likeness (QED) is 0.397. The van der Waals surface area contributed by atoms with E-state index in [-0.39, 0.29) is 17.4 Å². The number of unbranched alkanes of at least 4 members (excludes halogenated alkanes) is 1. The first-order chi connectivity index (χ1) is 8.13. The Morgan fingerprint density at radius 2 is 1.94 bits per heavy atom. The van der Waals surface area contributed by atoms with Crippen LogP contribution in [-0.2, 0) is 14.3 Å². The molecule has 5 heteroatoms. The molecule has 0 atom stereocenters. The number of nitrogens with zero attached hydrogens (tertiary/aromatic N) is 1. The number of ether oxygens (including phenoxy) is 1. The van der Waals surface area contributed by atoms with E-state index in [2.05, 4.69) is 13.2 Å². The first kappa shape index (κ1) is 13.5. The molecule has 1 heterocycles. The van der Waals surface area contributed by atoms with Gasteiger partial charge in [-0.1, -0.05) is 30.3 Å². The van der Waals surface area contributed by atoms with Gasteiger partial charge in [0, 0.05) is 6.54 Å². The summed E-state index contributed by atoms with van der Waals surface area (Å²) in [5.74, 6) is -1.07. The van der Waals surface area contributed by atoms with Crippen molar-refractivity contribution in [1.82, 2.24) is 4.90 Å². The minimum atomic E-state index is -0.500. The Bertz CT molecular complexity index is 387. The van der Waals surface area contributed by atoms with Crippen LogP contribution in [0.5, 0.6) is 0 Å². The van der Waals surface area contributed by atoms with Gasteiger partial charge in [-0.3, -0.25) is 14.5 Å². The minimum absolute atomic E-state index is 0.0878. The smallest absolute Gasteiger partial charge is 0.297 e. The van der Waals surface area contributed by atoms with Gasteiger partial charge in [-0.2, -0.15) is 0 Å². The van der Waals surface area contributed by atoms with E-state index in [1.165, 1.54) is 6.08 Å². The third-order valence-corrected chi connectivity index (χ3v) is 2.54. The van der Waals surface area contributed by atoms with Crippen molar-refractivity contribution in [2.45, 2.75) is 12.8 Å². The summed E-state index contributed by atoms with van der Waals surface area (Å²) in [7, 11) is 0. The lowest BCUT2D eigenvalue weighted by Gasteiger charge is -2.13. The molecular formula is C12H14ClNO3. The molecule has 0 aromatic carbocycles. The first-order valence-corrected chi connectivity index (χ1v) is 5.61. The number of carbonyl (C=O) groups excluding carboxylic acids is 2. The van der Waals surface area contributed by atoms with Gasteiger partial charge in [-0.25, -0.2) is 0 Å². The van der Waals surface area contributed by atoms with Crippen LogP contribution in [0.4, 0.5) is 0 Å². The summed E-state index contributed by atoms with van der Waals surface area (Å²) in [5, 5.41) is -0.157. The van der Waals surface area contributed by atoms with Crippen molar-refractivity contribution < 1.29 is 14.3 Å². The fourth-order valence-electron chi connectivity index (χ4n) is 1.39. The Morgan fingerprint density at radius 1 is 1.24 bits per heavy atom. The maximum atomic E-state index is 11.8. The lowest BCUT2D eigenvalue weighted by Crippen LogP contribution is -2.32. The van der Waals surface area contributed by atoms with Crippen LogP contribution in [0.1, 0.15) is 12.8 Å². The number of hydrogen-bond donors (Lipinski definition) is 0. The van der Waals surface area contributed by atoms with Gasteiger partial charge in [0.05, 0.1) is 0 Å². The summed E-state index contributed by atoms with van der Waals surface area (Å²) in [6, 6.07) is 0. The summed E-state index contributed by atoms with van der Waals surface area (Å²) in [6.07, 6.45) is 4.61. The van der Waals surface area contributed by atoms with E-state index in [0.717, 1.165) is 11.3 Å². The standard InChI is InChI=1S/C12H14ClNO3/c1-3-5-6-7-14-11(15)9(13)10(12(14)16)17-8-4-2/h3-4H,1-2,5-8H2. The van der Waals surface area contributed by atoms with Crippen LogP contribution in [0.15, 0.2) is 36.1 Å². The van der Waals surface area contributed by atoms with Crippen molar-refractivity contribution in [3.8, 4) is 0 Å². The molecule has 0 aliphatic carbocycles. The van der Waals surface area contributed by atoms with E-state index < -0.39 is 11.8 Å². The molecule has 1 rings (SSSR count). The van der Waals surface area contributed by atoms with Gasteiger partial charge in [0.1, 0.15) is 6.61 Å². The third kappa shape index (κ3) is 2.97. The fourth-order valence-corrected chi connectivity index (χ4v) is 1.63. The van der Waals surface area contributed by atoms with Crippen molar-refractivity contribution in [1.29, 1.82) is 0 Å². The molecular weight excluding hydrogens is 242 g/mol. The summed E-state index contributed by atoms with van der Waals surface area (Å²) >= 11 is 5.75. The number of allylic oxidation sites excluding steroid dienone is 1. The minimum Gasteiger partial charge on any atom is -0.482 e. The van der Waals surface area contributed by atoms with Gasteiger partial charge in [-0.05, 0) is 12.8 Å². The average Bonchev–Trinajstić information content (AvgIpc) is 2.52. The van der Waals surface area contributed by atoms with Crippen LogP contribution in [0, 0.1) is 0 Å². The van der Waals surface area contributed by atoms with Crippen molar-refractivity contribution in [3.63, 3.8) is 0 Å². The number of carbonyl (C=O) groups is 2. The maximum Gasteiger partial charge on any atom is 0.297 e. The van der Waals surface area contributed by atoms with E-state index in [1.54, 1.807) is 6.08 Å². The zero-order valence-electron chi connectivity index (χ0n) is 9.45. The van der Waals surface area contributed by atoms with Crippen LogP contribution in [-0.4, -0.2) is 29.9 Å². The molecule has 0 N–H and O–H groups in total. The molecule has 0 radical (unpaired) electrons. The molecule has 0 saturated carbocycles. The Morgan fingerprint density at radius 3 is 2.53 bits per heavy atom. The van der Waals surface area contributed by atoms with Gasteiger partial charge in [0.25, 0.3) is 11.8 Å². The number of halogens is 1. The molecule has 0 spiro atoms. The van der Waals surface area contributed by atoms with Crippen molar-refractivity contribution in [3.05, 3.63) is 36.1 Å². The molecule has 2 amide bonds. The van der Waals surface area contributed by atoms with E-state index in [4.69, 9.17) is 16.3 Å². The number of hydrogen-bond acceptors (Lipinski definition) is 3. The van der Waals surface area contributed by atoms with Crippen LogP contribution in [0.3, 0.4) is 0 Å². The van der Waals surface area contributed by atoms with Crippen LogP contribution >= 0.6 is 11.6 Å². The van der Waals surface area contributed by atoms with Crippen LogP contribution in [0.25, 0.3) is 0 Å². The summed E-state index contributed by atoms with van der Waals surface area (Å²) in [4.78, 5) is 24.6. The Labute approximate surface area is 105 Å². The fraction of sp³-hybridized carbons (Fsp3) is 0.333. The van der Waals surface area contributed by atoms with E-state index in [1.807, 2.05) is 0 Å². The third-order valence-electron chi connectivity index (χ3n) is 2.21. The second-order valence-electron chi connectivity index (χ2n) is 3.44. The van der Waals surface area contributed by atoms with Gasteiger partial charge in [0.2, 0.25) is 5.76 Å². The van der Waals surface area contributed by atoms with E-state index in [9.17, 15) is 9.59 Å². The highest BCUT2D eigenvalue weighted by Crippen LogP contribution is 2.25. The molecule has 0 fully saturated rings. The molecule has 92 valence electrons. The topological polar surface area (TPSA) is 46.6 Å². The van der Waals surface area contributed by atoms with Gasteiger partial charge >= 0.3 is 0 Å². The largest absolute Gasteiger partial charge is 0.482 e. The molecule has 0 aromatic heterocycles. The van der Waals surface area contributed by atoms with E-state index >= 15 is 0 Å². The highest BCUT2D eigenvalue weighted by atomic mass is 35.5. The van der Waals surface area contributed by atoms with Gasteiger partial charge in [-0.15, -0.1) is 6.58 Å². The summed E-state index contributed by atoms with van der Waals surface area (Å²) in [6.45, 7) is 7.50. The molecule has 1 aliphatic heterocycles. The second-order valence-corrected chi connectivity index (χ2v) is 3.81. The number of amides is 2. The Kier molecular flexibility index (Phi) is 4.97. The normalized spacial score (nSPS) is 15.5. The average molecular weight is 256 g/mol. The lowest BCUT2D eigenvalue weighted by molar-refractivity contribution is -0.138. The molecule has 0 aromatic rings. The van der Waals surface area contributed by atoms with Crippen molar-refractivity contribution in [2.24, 2.45) is 0 Å². The Balaban J connectivity index is 2.69. The van der Waals surface area contributed by atoms with Crippen molar-refractivity contribution >= 4 is 23.4 Å². The van der Waals surface area contributed by atoms with Crippen LogP contribution in [0.2, 0.25) is 0 Å². The molecule has 0 bridgehead atoms. The number of rotatable bonds is 7. The monoisotopic (exact) mass is 255 g/mol. The van der Waals surface area contributed by atoms with Crippen LogP contribution < -0.4 is 0 Å². The zero-order chi connectivity index (χ0) is 12.8. The highest BCUT2D eigenvalue weighted by Gasteiger charge is 2.38. The summed E-state index contributed by atoms with van der Waals surface area (Å²) in [5.41, 5.74) is 0. The Hall–Kier alpha value is -1.55. The molecule has 0 saturated heterocycles. The predicted molar refractivity (Wildman–Crippen MR) is 65.2 cm³/mol. The molecule has 1 aliphatic rings.